The molecule has 104 valence electrons. The number of ether oxygens (including phenoxy) is 1. The predicted molar refractivity (Wildman–Crippen MR) is 77.8 cm³/mol. The average molecular weight is 357 g/mol. The molecule has 0 aliphatic heterocycles. The Kier molecular flexibility index (Phi) is 4.67. The van der Waals surface area contributed by atoms with Crippen LogP contribution in [0.1, 0.15) is 24.9 Å². The van der Waals surface area contributed by atoms with E-state index < -0.39 is 11.8 Å². The number of aryl methyl sites for hydroxylation is 1. The van der Waals surface area contributed by atoms with E-state index in [2.05, 4.69) is 15.9 Å². The minimum absolute atomic E-state index is 0.0557. The third-order valence-electron chi connectivity index (χ3n) is 2.50. The van der Waals surface area contributed by atoms with Crippen LogP contribution >= 0.6 is 27.3 Å². The fourth-order valence-corrected chi connectivity index (χ4v) is 2.72. The minimum atomic E-state index is -0.738. The third kappa shape index (κ3) is 3.52. The smallest absolute Gasteiger partial charge is 0.339 e. The van der Waals surface area contributed by atoms with Gasteiger partial charge >= 0.3 is 5.97 Å². The number of ketones is 1. The van der Waals surface area contributed by atoms with E-state index in [1.807, 2.05) is 13.0 Å². The van der Waals surface area contributed by atoms with E-state index in [0.29, 0.717) is 9.35 Å². The first kappa shape index (κ1) is 14.9. The number of rotatable bonds is 4. The van der Waals surface area contributed by atoms with Gasteiger partial charge in [-0.05, 0) is 53.2 Å². The second-order valence-corrected chi connectivity index (χ2v) is 6.18. The first-order chi connectivity index (χ1) is 9.47. The van der Waals surface area contributed by atoms with Gasteiger partial charge in [-0.25, -0.2) is 9.18 Å². The van der Waals surface area contributed by atoms with Gasteiger partial charge in [0.05, 0.1) is 10.4 Å². The molecule has 0 aliphatic rings. The number of hydrogen-bond acceptors (Lipinski definition) is 4. The summed E-state index contributed by atoms with van der Waals surface area (Å²) in [6.07, 6.45) is 0. The van der Waals surface area contributed by atoms with Crippen molar-refractivity contribution in [2.24, 2.45) is 0 Å². The summed E-state index contributed by atoms with van der Waals surface area (Å²) in [5.74, 6) is -1.55. The standard InChI is InChI=1S/C14H10BrFO3S/c1-8-2-5-13(20-8)12(17)7-19-14(18)10-6-9(16)3-4-11(10)15/h2-6H,7H2,1H3. The van der Waals surface area contributed by atoms with Crippen LogP contribution in [0.4, 0.5) is 4.39 Å². The molecular weight excluding hydrogens is 347 g/mol. The fraction of sp³-hybridized carbons (Fsp3) is 0.143. The molecule has 0 fully saturated rings. The van der Waals surface area contributed by atoms with Crippen molar-refractivity contribution in [3.8, 4) is 0 Å². The second-order valence-electron chi connectivity index (χ2n) is 4.03. The van der Waals surface area contributed by atoms with E-state index in [0.717, 1.165) is 10.9 Å². The minimum Gasteiger partial charge on any atom is -0.454 e. The molecular formula is C14H10BrFO3S. The normalized spacial score (nSPS) is 10.3. The van der Waals surface area contributed by atoms with E-state index in [9.17, 15) is 14.0 Å². The summed E-state index contributed by atoms with van der Waals surface area (Å²) < 4.78 is 18.4. The summed E-state index contributed by atoms with van der Waals surface area (Å²) >= 11 is 4.47. The summed E-state index contributed by atoms with van der Waals surface area (Å²) in [4.78, 5) is 25.1. The van der Waals surface area contributed by atoms with Gasteiger partial charge in [0, 0.05) is 9.35 Å². The topological polar surface area (TPSA) is 43.4 Å². The van der Waals surface area contributed by atoms with Crippen LogP contribution in [-0.4, -0.2) is 18.4 Å². The van der Waals surface area contributed by atoms with Crippen molar-refractivity contribution < 1.29 is 18.7 Å². The largest absolute Gasteiger partial charge is 0.454 e. The van der Waals surface area contributed by atoms with Crippen LogP contribution in [0.3, 0.4) is 0 Å². The lowest BCUT2D eigenvalue weighted by atomic mass is 10.2. The number of hydrogen-bond donors (Lipinski definition) is 0. The number of carbonyl (C=O) groups is 2. The zero-order valence-corrected chi connectivity index (χ0v) is 12.9. The molecule has 0 aliphatic carbocycles. The van der Waals surface area contributed by atoms with Crippen LogP contribution in [0.5, 0.6) is 0 Å². The van der Waals surface area contributed by atoms with E-state index in [1.54, 1.807) is 6.07 Å². The van der Waals surface area contributed by atoms with Crippen molar-refractivity contribution in [3.05, 3.63) is 55.9 Å². The Labute approximate surface area is 127 Å². The van der Waals surface area contributed by atoms with Crippen LogP contribution in [0.25, 0.3) is 0 Å². The SMILES string of the molecule is Cc1ccc(C(=O)COC(=O)c2cc(F)ccc2Br)s1. The van der Waals surface area contributed by atoms with Crippen LogP contribution in [0.2, 0.25) is 0 Å². The summed E-state index contributed by atoms with van der Waals surface area (Å²) in [6.45, 7) is 1.53. The van der Waals surface area contributed by atoms with E-state index >= 15 is 0 Å². The maximum Gasteiger partial charge on any atom is 0.339 e. The lowest BCUT2D eigenvalue weighted by Gasteiger charge is -2.05. The zero-order valence-electron chi connectivity index (χ0n) is 10.5. The van der Waals surface area contributed by atoms with Gasteiger partial charge in [-0.15, -0.1) is 11.3 Å². The zero-order chi connectivity index (χ0) is 14.7. The molecule has 1 aromatic heterocycles. The highest BCUT2D eigenvalue weighted by molar-refractivity contribution is 9.10. The Hall–Kier alpha value is -1.53. The van der Waals surface area contributed by atoms with Gasteiger partial charge in [0.1, 0.15) is 5.82 Å². The molecule has 0 amide bonds. The van der Waals surface area contributed by atoms with Crippen LogP contribution < -0.4 is 0 Å². The van der Waals surface area contributed by atoms with Gasteiger partial charge in [-0.3, -0.25) is 4.79 Å². The summed E-state index contributed by atoms with van der Waals surface area (Å²) in [5, 5.41) is 0. The number of benzene rings is 1. The van der Waals surface area contributed by atoms with Crippen molar-refractivity contribution in [1.29, 1.82) is 0 Å². The lowest BCUT2D eigenvalue weighted by Crippen LogP contribution is -2.14. The van der Waals surface area contributed by atoms with Crippen LogP contribution in [0.15, 0.2) is 34.8 Å². The molecule has 1 aromatic carbocycles. The van der Waals surface area contributed by atoms with Gasteiger partial charge in [0.2, 0.25) is 5.78 Å². The number of thiophene rings is 1. The molecule has 0 saturated heterocycles. The monoisotopic (exact) mass is 356 g/mol. The summed E-state index contributed by atoms with van der Waals surface area (Å²) in [6, 6.07) is 7.21. The molecule has 0 N–H and O–H groups in total. The molecule has 1 heterocycles. The van der Waals surface area contributed by atoms with Crippen molar-refractivity contribution in [2.45, 2.75) is 6.92 Å². The molecule has 0 saturated carbocycles. The highest BCUT2D eigenvalue weighted by atomic mass is 79.9. The van der Waals surface area contributed by atoms with Gasteiger partial charge in [-0.2, -0.15) is 0 Å². The number of Topliss-reactive ketones (excluding diaryl/α,β-unsaturated/α-hetero) is 1. The highest BCUT2D eigenvalue weighted by Crippen LogP contribution is 2.19. The Morgan fingerprint density at radius 3 is 2.70 bits per heavy atom. The quantitative estimate of drug-likeness (QED) is 0.614. The molecule has 0 unspecified atom stereocenters. The second kappa shape index (κ2) is 6.28. The first-order valence-electron chi connectivity index (χ1n) is 5.69. The van der Waals surface area contributed by atoms with Gasteiger partial charge in [-0.1, -0.05) is 0 Å². The Morgan fingerprint density at radius 2 is 2.05 bits per heavy atom. The van der Waals surface area contributed by atoms with E-state index in [1.165, 1.54) is 23.5 Å². The molecule has 0 spiro atoms. The highest BCUT2D eigenvalue weighted by Gasteiger charge is 2.16. The average Bonchev–Trinajstić information content (AvgIpc) is 2.85. The van der Waals surface area contributed by atoms with Gasteiger partial charge in [0.15, 0.2) is 6.61 Å². The van der Waals surface area contributed by atoms with Crippen molar-refractivity contribution in [1.82, 2.24) is 0 Å². The van der Waals surface area contributed by atoms with Crippen molar-refractivity contribution in [2.75, 3.05) is 6.61 Å². The lowest BCUT2D eigenvalue weighted by molar-refractivity contribution is 0.0474. The van der Waals surface area contributed by atoms with Crippen LogP contribution in [-0.2, 0) is 4.74 Å². The maximum absolute atomic E-state index is 13.1. The molecule has 0 radical (unpaired) electrons. The Balaban J connectivity index is 2.02. The molecule has 2 aromatic rings. The molecule has 3 nitrogen and oxygen atoms in total. The first-order valence-corrected chi connectivity index (χ1v) is 7.30. The van der Waals surface area contributed by atoms with Gasteiger partial charge < -0.3 is 4.74 Å². The molecule has 20 heavy (non-hydrogen) atoms. The van der Waals surface area contributed by atoms with Crippen molar-refractivity contribution >= 4 is 39.0 Å². The van der Waals surface area contributed by atoms with Gasteiger partial charge in [0.25, 0.3) is 0 Å². The van der Waals surface area contributed by atoms with E-state index in [-0.39, 0.29) is 18.0 Å². The Bertz CT molecular complexity index is 666. The number of carbonyl (C=O) groups excluding carboxylic acids is 2. The predicted octanol–water partition coefficient (Wildman–Crippen LogP) is 4.00. The van der Waals surface area contributed by atoms with Crippen molar-refractivity contribution in [3.63, 3.8) is 0 Å². The Morgan fingerprint density at radius 1 is 1.30 bits per heavy atom. The molecule has 2 rings (SSSR count). The van der Waals surface area contributed by atoms with E-state index in [4.69, 9.17) is 4.74 Å². The molecule has 6 heteroatoms. The third-order valence-corrected chi connectivity index (χ3v) is 4.23. The maximum atomic E-state index is 13.1. The summed E-state index contributed by atoms with van der Waals surface area (Å²) in [7, 11) is 0. The van der Waals surface area contributed by atoms with Crippen LogP contribution in [0, 0.1) is 12.7 Å². The fourth-order valence-electron chi connectivity index (χ4n) is 1.52. The number of esters is 1. The summed E-state index contributed by atoms with van der Waals surface area (Å²) in [5.41, 5.74) is 0.0557. The molecule has 0 bridgehead atoms. The molecule has 0 atom stereocenters. The number of halogens is 2.